The van der Waals surface area contributed by atoms with Gasteiger partial charge in [-0.1, -0.05) is 6.07 Å². The van der Waals surface area contributed by atoms with Crippen molar-refractivity contribution in [2.24, 2.45) is 0 Å². The molecule has 178 valence electrons. The third kappa shape index (κ3) is 4.27. The summed E-state index contributed by atoms with van der Waals surface area (Å²) in [5.41, 5.74) is 2.78. The highest BCUT2D eigenvalue weighted by molar-refractivity contribution is 6.05. The van der Waals surface area contributed by atoms with E-state index in [1.165, 1.54) is 11.0 Å². The second kappa shape index (κ2) is 9.13. The van der Waals surface area contributed by atoms with Gasteiger partial charge in [0.05, 0.1) is 13.3 Å². The molecule has 34 heavy (non-hydrogen) atoms. The van der Waals surface area contributed by atoms with Crippen molar-refractivity contribution < 1.29 is 23.5 Å². The smallest absolute Gasteiger partial charge is 0.255 e. The number of nitrogens with zero attached hydrogens (tertiary/aromatic N) is 3. The number of aromatic nitrogens is 1. The maximum absolute atomic E-state index is 15.1. The molecule has 5 rings (SSSR count). The molecule has 1 N–H and O–H groups in total. The van der Waals surface area contributed by atoms with E-state index < -0.39 is 11.9 Å². The second-order valence-electron chi connectivity index (χ2n) is 9.21. The molecule has 0 aliphatic carbocycles. The molecule has 1 aromatic carbocycles. The number of fused-ring (bicyclic) bond motifs is 1. The van der Waals surface area contributed by atoms with Gasteiger partial charge in [0.15, 0.2) is 0 Å². The monoisotopic (exact) mass is 466 g/mol. The average Bonchev–Trinajstić information content (AvgIpc) is 3.14. The molecule has 0 radical (unpaired) electrons. The highest BCUT2D eigenvalue weighted by atomic mass is 19.1. The Labute approximate surface area is 197 Å². The van der Waals surface area contributed by atoms with Gasteiger partial charge in [-0.3, -0.25) is 29.6 Å². The van der Waals surface area contributed by atoms with Crippen LogP contribution in [0.5, 0.6) is 5.75 Å². The SMILES string of the molecule is COc1cncc(CN2CCC(c3cc4c(cc3F)C(=O)N(C3CCC(=O)NC3=O)C4)CC2)c1. The number of piperidine rings is 2. The standard InChI is InChI=1S/C25H27FN4O4/c1-34-18-8-15(11-27-12-18)13-29-6-4-16(5-7-29)19-9-17-14-30(25(33)20(17)10-21(19)26)22-2-3-23(31)28-24(22)32/h8-12,16,22H,2-7,13-14H2,1H3,(H,28,31,32). The number of benzene rings is 1. The van der Waals surface area contributed by atoms with Gasteiger partial charge in [-0.15, -0.1) is 0 Å². The van der Waals surface area contributed by atoms with Crippen molar-refractivity contribution >= 4 is 17.7 Å². The van der Waals surface area contributed by atoms with E-state index >= 15 is 4.39 Å². The normalized spacial score (nSPS) is 21.5. The summed E-state index contributed by atoms with van der Waals surface area (Å²) >= 11 is 0. The molecule has 2 saturated heterocycles. The van der Waals surface area contributed by atoms with Crippen LogP contribution in [0.15, 0.2) is 30.6 Å². The minimum Gasteiger partial charge on any atom is -0.495 e. The van der Waals surface area contributed by atoms with Crippen LogP contribution in [0.25, 0.3) is 0 Å². The number of imide groups is 1. The molecule has 9 heteroatoms. The summed E-state index contributed by atoms with van der Waals surface area (Å²) in [6.45, 7) is 2.69. The third-order valence-corrected chi connectivity index (χ3v) is 7.08. The molecule has 4 heterocycles. The van der Waals surface area contributed by atoms with Crippen LogP contribution in [0, 0.1) is 5.82 Å². The largest absolute Gasteiger partial charge is 0.495 e. The van der Waals surface area contributed by atoms with Crippen LogP contribution in [-0.4, -0.2) is 58.7 Å². The van der Waals surface area contributed by atoms with Crippen LogP contribution in [0.4, 0.5) is 4.39 Å². The number of rotatable bonds is 5. The highest BCUT2D eigenvalue weighted by Crippen LogP contribution is 2.35. The number of hydrogen-bond donors (Lipinski definition) is 1. The van der Waals surface area contributed by atoms with Gasteiger partial charge in [0.2, 0.25) is 11.8 Å². The molecule has 2 aromatic rings. The summed E-state index contributed by atoms with van der Waals surface area (Å²) in [5, 5.41) is 2.29. The van der Waals surface area contributed by atoms with Crippen molar-refractivity contribution in [2.45, 2.75) is 50.7 Å². The quantitative estimate of drug-likeness (QED) is 0.681. The van der Waals surface area contributed by atoms with Crippen molar-refractivity contribution in [3.05, 3.63) is 58.7 Å². The fourth-order valence-corrected chi connectivity index (χ4v) is 5.24. The first kappa shape index (κ1) is 22.5. The van der Waals surface area contributed by atoms with Crippen molar-refractivity contribution in [1.29, 1.82) is 0 Å². The molecule has 1 unspecified atom stereocenters. The number of pyridine rings is 1. The minimum atomic E-state index is -0.696. The van der Waals surface area contributed by atoms with Crippen LogP contribution in [0.3, 0.4) is 0 Å². The summed E-state index contributed by atoms with van der Waals surface area (Å²) in [6, 6.07) is 4.41. The Morgan fingerprint density at radius 2 is 1.91 bits per heavy atom. The predicted octanol–water partition coefficient (Wildman–Crippen LogP) is 2.37. The Balaban J connectivity index is 1.26. The summed E-state index contributed by atoms with van der Waals surface area (Å²) < 4.78 is 20.3. The first-order valence-corrected chi connectivity index (χ1v) is 11.6. The molecule has 1 aromatic heterocycles. The summed E-state index contributed by atoms with van der Waals surface area (Å²) in [4.78, 5) is 44.6. The second-order valence-corrected chi connectivity index (χ2v) is 9.21. The molecular formula is C25H27FN4O4. The van der Waals surface area contributed by atoms with E-state index in [9.17, 15) is 14.4 Å². The zero-order chi connectivity index (χ0) is 23.8. The van der Waals surface area contributed by atoms with E-state index in [0.717, 1.165) is 49.4 Å². The lowest BCUT2D eigenvalue weighted by atomic mass is 9.87. The van der Waals surface area contributed by atoms with Crippen molar-refractivity contribution in [1.82, 2.24) is 20.1 Å². The highest BCUT2D eigenvalue weighted by Gasteiger charge is 2.40. The van der Waals surface area contributed by atoms with Crippen molar-refractivity contribution in [3.8, 4) is 5.75 Å². The Kier molecular flexibility index (Phi) is 6.03. The number of halogens is 1. The number of amides is 3. The van der Waals surface area contributed by atoms with Crippen LogP contribution >= 0.6 is 0 Å². The zero-order valence-electron chi connectivity index (χ0n) is 19.1. The van der Waals surface area contributed by atoms with Crippen LogP contribution in [-0.2, 0) is 22.7 Å². The van der Waals surface area contributed by atoms with Crippen molar-refractivity contribution in [2.75, 3.05) is 20.2 Å². The van der Waals surface area contributed by atoms with E-state index in [2.05, 4.69) is 15.2 Å². The van der Waals surface area contributed by atoms with Crippen LogP contribution in [0.1, 0.15) is 58.6 Å². The summed E-state index contributed by atoms with van der Waals surface area (Å²) in [5.74, 6) is -0.702. The first-order chi connectivity index (χ1) is 16.4. The van der Waals surface area contributed by atoms with E-state index in [-0.39, 0.29) is 36.5 Å². The molecule has 3 aliphatic rings. The minimum absolute atomic E-state index is 0.0738. The van der Waals surface area contributed by atoms with Gasteiger partial charge in [-0.25, -0.2) is 4.39 Å². The Morgan fingerprint density at radius 1 is 1.12 bits per heavy atom. The Morgan fingerprint density at radius 3 is 2.65 bits per heavy atom. The molecule has 0 saturated carbocycles. The number of likely N-dealkylation sites (tertiary alicyclic amines) is 1. The number of carbonyl (C=O) groups excluding carboxylic acids is 3. The van der Waals surface area contributed by atoms with Gasteiger partial charge in [0.1, 0.15) is 17.6 Å². The van der Waals surface area contributed by atoms with Gasteiger partial charge in [0.25, 0.3) is 5.91 Å². The number of nitrogens with one attached hydrogen (secondary N) is 1. The average molecular weight is 467 g/mol. The van der Waals surface area contributed by atoms with E-state index in [4.69, 9.17) is 4.74 Å². The van der Waals surface area contributed by atoms with Crippen LogP contribution < -0.4 is 10.1 Å². The molecule has 8 nitrogen and oxygen atoms in total. The summed E-state index contributed by atoms with van der Waals surface area (Å²) in [7, 11) is 1.62. The fourth-order valence-electron chi connectivity index (χ4n) is 5.24. The van der Waals surface area contributed by atoms with Gasteiger partial charge in [0, 0.05) is 31.3 Å². The fraction of sp³-hybridized carbons (Fsp3) is 0.440. The Hall–Kier alpha value is -3.33. The van der Waals surface area contributed by atoms with Crippen LogP contribution in [0.2, 0.25) is 0 Å². The lowest BCUT2D eigenvalue weighted by Gasteiger charge is -2.32. The molecule has 0 spiro atoms. The van der Waals surface area contributed by atoms with Gasteiger partial charge < -0.3 is 9.64 Å². The predicted molar refractivity (Wildman–Crippen MR) is 120 cm³/mol. The molecule has 3 amide bonds. The number of carbonyl (C=O) groups is 3. The van der Waals surface area contributed by atoms with Gasteiger partial charge >= 0.3 is 0 Å². The van der Waals surface area contributed by atoms with E-state index in [0.29, 0.717) is 17.5 Å². The Bertz CT molecular complexity index is 1150. The molecular weight excluding hydrogens is 439 g/mol. The maximum atomic E-state index is 15.1. The molecule has 2 fully saturated rings. The van der Waals surface area contributed by atoms with E-state index in [1.807, 2.05) is 12.3 Å². The molecule has 1 atom stereocenters. The summed E-state index contributed by atoms with van der Waals surface area (Å²) in [6.07, 6.45) is 5.63. The number of ether oxygens (including phenoxy) is 1. The van der Waals surface area contributed by atoms with E-state index in [1.54, 1.807) is 19.4 Å². The number of methoxy groups -OCH3 is 1. The van der Waals surface area contributed by atoms with Gasteiger partial charge in [-0.2, -0.15) is 0 Å². The van der Waals surface area contributed by atoms with Gasteiger partial charge in [-0.05, 0) is 67.1 Å². The lowest BCUT2D eigenvalue weighted by molar-refractivity contribution is -0.136. The maximum Gasteiger partial charge on any atom is 0.255 e. The molecule has 3 aliphatic heterocycles. The zero-order valence-corrected chi connectivity index (χ0v) is 19.1. The number of hydrogen-bond acceptors (Lipinski definition) is 6. The first-order valence-electron chi connectivity index (χ1n) is 11.6. The third-order valence-electron chi connectivity index (χ3n) is 7.08. The lowest BCUT2D eigenvalue weighted by Crippen LogP contribution is -2.52. The van der Waals surface area contributed by atoms with Crippen molar-refractivity contribution in [3.63, 3.8) is 0 Å². The topological polar surface area (TPSA) is 91.8 Å². The molecule has 0 bridgehead atoms.